The van der Waals surface area contributed by atoms with Gasteiger partial charge < -0.3 is 20.3 Å². The van der Waals surface area contributed by atoms with E-state index >= 15 is 0 Å². The summed E-state index contributed by atoms with van der Waals surface area (Å²) in [5.74, 6) is 0.134. The highest BCUT2D eigenvalue weighted by Crippen LogP contribution is 2.24. The van der Waals surface area contributed by atoms with Crippen molar-refractivity contribution in [3.63, 3.8) is 0 Å². The minimum atomic E-state index is -0.477. The van der Waals surface area contributed by atoms with Gasteiger partial charge in [0.15, 0.2) is 0 Å². The van der Waals surface area contributed by atoms with Gasteiger partial charge in [-0.2, -0.15) is 0 Å². The molecule has 0 aliphatic rings. The number of rotatable bonds is 7. The molecule has 0 unspecified atom stereocenters. The van der Waals surface area contributed by atoms with Crippen LogP contribution in [0.4, 0.5) is 11.5 Å². The summed E-state index contributed by atoms with van der Waals surface area (Å²) >= 11 is 5.84. The van der Waals surface area contributed by atoms with Crippen LogP contribution in [0.1, 0.15) is 26.3 Å². The van der Waals surface area contributed by atoms with E-state index in [-0.39, 0.29) is 11.4 Å². The summed E-state index contributed by atoms with van der Waals surface area (Å²) in [6, 6.07) is 14.5. The first-order chi connectivity index (χ1) is 15.8. The van der Waals surface area contributed by atoms with Crippen LogP contribution >= 0.6 is 11.6 Å². The highest BCUT2D eigenvalue weighted by Gasteiger charge is 2.17. The Morgan fingerprint density at radius 2 is 1.76 bits per heavy atom. The molecule has 0 radical (unpaired) electrons. The number of nitrogens with one attached hydrogen (secondary N) is 3. The van der Waals surface area contributed by atoms with Crippen LogP contribution in [0, 0.1) is 5.41 Å². The Balaban J connectivity index is 1.82. The van der Waals surface area contributed by atoms with E-state index in [0.29, 0.717) is 33.4 Å². The molecule has 2 aromatic carbocycles. The van der Waals surface area contributed by atoms with Crippen molar-refractivity contribution in [3.8, 4) is 5.75 Å². The van der Waals surface area contributed by atoms with Crippen LogP contribution < -0.4 is 15.4 Å². The Morgan fingerprint density at radius 3 is 2.36 bits per heavy atom. The van der Waals surface area contributed by atoms with E-state index in [9.17, 15) is 9.59 Å². The first-order valence-electron chi connectivity index (χ1n) is 9.79. The average molecular weight is 464 g/mol. The molecule has 0 spiro atoms. The number of carbonyl (C=O) groups is 2. The molecule has 1 heterocycles. The number of halogens is 1. The zero-order valence-corrected chi connectivity index (χ0v) is 18.8. The van der Waals surface area contributed by atoms with Gasteiger partial charge in [0.05, 0.1) is 23.4 Å². The lowest BCUT2D eigenvalue weighted by atomic mass is 10.1. The van der Waals surface area contributed by atoms with Crippen molar-refractivity contribution in [2.45, 2.75) is 0 Å². The predicted molar refractivity (Wildman–Crippen MR) is 129 cm³/mol. The topological polar surface area (TPSA) is 107 Å². The van der Waals surface area contributed by atoms with Crippen LogP contribution in [-0.2, 0) is 0 Å². The Bertz CT molecular complexity index is 1190. The molecule has 0 bridgehead atoms. The van der Waals surface area contributed by atoms with Gasteiger partial charge in [0.2, 0.25) is 0 Å². The number of pyridine rings is 1. The van der Waals surface area contributed by atoms with E-state index in [1.54, 1.807) is 60.5 Å². The highest BCUT2D eigenvalue weighted by atomic mass is 35.5. The molecular weight excluding hydrogens is 442 g/mol. The number of amidine groups is 1. The Labute approximate surface area is 196 Å². The van der Waals surface area contributed by atoms with Crippen molar-refractivity contribution in [1.82, 2.24) is 9.88 Å². The van der Waals surface area contributed by atoms with Gasteiger partial charge in [-0.15, -0.1) is 0 Å². The second-order valence-electron chi connectivity index (χ2n) is 6.90. The van der Waals surface area contributed by atoms with Crippen molar-refractivity contribution < 1.29 is 14.3 Å². The number of ether oxygens (including phenoxy) is 1. The molecular formula is C24H22ClN5O3. The zero-order chi connectivity index (χ0) is 24.0. The predicted octanol–water partition coefficient (Wildman–Crippen LogP) is 4.65. The van der Waals surface area contributed by atoms with E-state index in [2.05, 4.69) is 22.2 Å². The van der Waals surface area contributed by atoms with Crippen LogP contribution in [0.15, 0.2) is 73.6 Å². The van der Waals surface area contributed by atoms with Gasteiger partial charge in [-0.05, 0) is 48.7 Å². The van der Waals surface area contributed by atoms with Crippen molar-refractivity contribution in [3.05, 3.63) is 95.3 Å². The van der Waals surface area contributed by atoms with Gasteiger partial charge in [-0.25, -0.2) is 4.98 Å². The van der Waals surface area contributed by atoms with Gasteiger partial charge in [0.1, 0.15) is 17.4 Å². The maximum Gasteiger partial charge on any atom is 0.259 e. The second-order valence-corrected chi connectivity index (χ2v) is 7.34. The van der Waals surface area contributed by atoms with Crippen molar-refractivity contribution >= 4 is 40.8 Å². The molecule has 168 valence electrons. The number of nitrogens with zero attached hydrogens (tertiary/aromatic N) is 2. The number of methoxy groups -OCH3 is 1. The molecule has 0 aliphatic heterocycles. The average Bonchev–Trinajstić information content (AvgIpc) is 2.84. The fourth-order valence-electron chi connectivity index (χ4n) is 2.85. The number of carbonyl (C=O) groups excluding carboxylic acids is 2. The molecule has 0 saturated heterocycles. The molecule has 33 heavy (non-hydrogen) atoms. The number of anilines is 2. The molecule has 0 aliphatic carbocycles. The molecule has 9 heteroatoms. The summed E-state index contributed by atoms with van der Waals surface area (Å²) in [5, 5.41) is 14.0. The lowest BCUT2D eigenvalue weighted by Gasteiger charge is -2.15. The summed E-state index contributed by atoms with van der Waals surface area (Å²) < 4.78 is 5.22. The van der Waals surface area contributed by atoms with Crippen LogP contribution in [0.25, 0.3) is 0 Å². The molecule has 1 aromatic heterocycles. The van der Waals surface area contributed by atoms with E-state index in [1.807, 2.05) is 0 Å². The zero-order valence-electron chi connectivity index (χ0n) is 18.1. The van der Waals surface area contributed by atoms with Crippen molar-refractivity contribution in [2.75, 3.05) is 24.8 Å². The molecule has 8 nitrogen and oxygen atoms in total. The summed E-state index contributed by atoms with van der Waals surface area (Å²) in [7, 11) is 3.20. The summed E-state index contributed by atoms with van der Waals surface area (Å²) in [6.45, 7) is 3.63. The van der Waals surface area contributed by atoms with Crippen molar-refractivity contribution in [2.24, 2.45) is 0 Å². The normalized spacial score (nSPS) is 10.2. The SMILES string of the molecule is C=CN(C)C(=N)c1ccc(C(=O)Nc2ccc(OC)cc2C(=O)Nc2ccc(Cl)cn2)cc1. The van der Waals surface area contributed by atoms with E-state index < -0.39 is 11.8 Å². The lowest BCUT2D eigenvalue weighted by molar-refractivity contribution is 0.102. The van der Waals surface area contributed by atoms with E-state index in [0.717, 1.165) is 0 Å². The van der Waals surface area contributed by atoms with Gasteiger partial charge in [0.25, 0.3) is 11.8 Å². The second kappa shape index (κ2) is 10.4. The van der Waals surface area contributed by atoms with Crippen molar-refractivity contribution in [1.29, 1.82) is 5.41 Å². The number of aromatic nitrogens is 1. The van der Waals surface area contributed by atoms with Gasteiger partial charge in [-0.1, -0.05) is 30.3 Å². The maximum absolute atomic E-state index is 12.9. The Morgan fingerprint density at radius 1 is 1.06 bits per heavy atom. The molecule has 2 amide bonds. The number of amides is 2. The summed E-state index contributed by atoms with van der Waals surface area (Å²) in [6.07, 6.45) is 2.94. The Hall–Kier alpha value is -4.17. The smallest absolute Gasteiger partial charge is 0.259 e. The molecule has 3 N–H and O–H groups in total. The van der Waals surface area contributed by atoms with Crippen LogP contribution in [0.5, 0.6) is 5.75 Å². The minimum Gasteiger partial charge on any atom is -0.497 e. The fraction of sp³-hybridized carbons (Fsp3) is 0.0833. The largest absolute Gasteiger partial charge is 0.497 e. The van der Waals surface area contributed by atoms with Crippen LogP contribution in [0.3, 0.4) is 0 Å². The third kappa shape index (κ3) is 5.75. The quantitative estimate of drug-likeness (QED) is 0.349. The van der Waals surface area contributed by atoms with E-state index in [4.69, 9.17) is 21.7 Å². The third-order valence-corrected chi connectivity index (χ3v) is 4.96. The Kier molecular flexibility index (Phi) is 7.42. The van der Waals surface area contributed by atoms with Gasteiger partial charge in [0, 0.05) is 24.4 Å². The fourth-order valence-corrected chi connectivity index (χ4v) is 2.96. The maximum atomic E-state index is 12.9. The summed E-state index contributed by atoms with van der Waals surface area (Å²) in [5.41, 5.74) is 1.50. The monoisotopic (exact) mass is 463 g/mol. The number of benzene rings is 2. The molecule has 3 aromatic rings. The number of hydrogen-bond acceptors (Lipinski definition) is 5. The molecule has 0 fully saturated rings. The first kappa shape index (κ1) is 23.5. The molecule has 0 saturated carbocycles. The minimum absolute atomic E-state index is 0.199. The van der Waals surface area contributed by atoms with Crippen LogP contribution in [-0.4, -0.2) is 41.7 Å². The molecule has 0 atom stereocenters. The number of hydrogen-bond donors (Lipinski definition) is 3. The van der Waals surface area contributed by atoms with Gasteiger partial charge >= 0.3 is 0 Å². The summed E-state index contributed by atoms with van der Waals surface area (Å²) in [4.78, 5) is 31.3. The highest BCUT2D eigenvalue weighted by molar-refractivity contribution is 6.30. The van der Waals surface area contributed by atoms with Crippen LogP contribution in [0.2, 0.25) is 5.02 Å². The van der Waals surface area contributed by atoms with E-state index in [1.165, 1.54) is 25.6 Å². The molecule has 3 rings (SSSR count). The van der Waals surface area contributed by atoms with Gasteiger partial charge in [-0.3, -0.25) is 15.0 Å². The third-order valence-electron chi connectivity index (χ3n) is 4.74. The standard InChI is InChI=1S/C24H22ClN5O3/c1-4-30(2)22(26)15-5-7-16(8-6-15)23(31)28-20-11-10-18(33-3)13-19(20)24(32)29-21-12-9-17(25)14-27-21/h4-14,26H,1H2,2-3H3,(H,28,31)(H,27,29,32). The lowest BCUT2D eigenvalue weighted by Crippen LogP contribution is -2.21. The first-order valence-corrected chi connectivity index (χ1v) is 10.2.